The standard InChI is InChI=1S/C22H25Cl3N2O2/c1-4-14(2)26-22(29)15(3)27(13-17-6-5-7-18(23)10-17)21(28)12-16-8-9-19(24)20(25)11-16/h5-11,14-15H,4,12-13H2,1-3H3,(H,26,29). The Hall–Kier alpha value is -1.75. The quantitative estimate of drug-likeness (QED) is 0.569. The molecule has 0 saturated carbocycles. The van der Waals surface area contributed by atoms with Gasteiger partial charge in [0.05, 0.1) is 16.5 Å². The van der Waals surface area contributed by atoms with Crippen LogP contribution in [0.25, 0.3) is 0 Å². The van der Waals surface area contributed by atoms with Gasteiger partial charge in [0.15, 0.2) is 0 Å². The predicted octanol–water partition coefficient (Wildman–Crippen LogP) is 5.52. The van der Waals surface area contributed by atoms with Crippen LogP contribution in [0.3, 0.4) is 0 Å². The number of halogens is 3. The third-order valence-electron chi connectivity index (χ3n) is 4.75. The highest BCUT2D eigenvalue weighted by atomic mass is 35.5. The molecule has 0 aliphatic carbocycles. The van der Waals surface area contributed by atoms with Crippen molar-refractivity contribution in [2.45, 2.75) is 52.2 Å². The Morgan fingerprint density at radius 3 is 2.34 bits per heavy atom. The average molecular weight is 456 g/mol. The van der Waals surface area contributed by atoms with Gasteiger partial charge in [0.1, 0.15) is 6.04 Å². The molecule has 0 bridgehead atoms. The van der Waals surface area contributed by atoms with Crippen molar-refractivity contribution in [2.75, 3.05) is 0 Å². The van der Waals surface area contributed by atoms with Crippen LogP contribution < -0.4 is 5.32 Å². The highest BCUT2D eigenvalue weighted by Crippen LogP contribution is 2.23. The van der Waals surface area contributed by atoms with Crippen molar-refractivity contribution in [2.24, 2.45) is 0 Å². The van der Waals surface area contributed by atoms with E-state index in [4.69, 9.17) is 34.8 Å². The van der Waals surface area contributed by atoms with E-state index < -0.39 is 6.04 Å². The molecule has 1 N–H and O–H groups in total. The van der Waals surface area contributed by atoms with E-state index in [1.165, 1.54) is 0 Å². The van der Waals surface area contributed by atoms with Crippen LogP contribution in [-0.4, -0.2) is 28.8 Å². The number of carbonyl (C=O) groups is 2. The van der Waals surface area contributed by atoms with E-state index in [-0.39, 0.29) is 30.8 Å². The molecule has 0 aliphatic heterocycles. The van der Waals surface area contributed by atoms with Crippen molar-refractivity contribution in [1.82, 2.24) is 10.2 Å². The number of benzene rings is 2. The van der Waals surface area contributed by atoms with Gasteiger partial charge in [-0.2, -0.15) is 0 Å². The molecule has 7 heteroatoms. The molecule has 2 atom stereocenters. The summed E-state index contributed by atoms with van der Waals surface area (Å²) in [7, 11) is 0. The molecule has 2 aromatic rings. The maximum atomic E-state index is 13.1. The Kier molecular flexibility index (Phi) is 8.81. The second-order valence-electron chi connectivity index (χ2n) is 7.07. The molecule has 29 heavy (non-hydrogen) atoms. The van der Waals surface area contributed by atoms with Gasteiger partial charge in [-0.1, -0.05) is 59.9 Å². The lowest BCUT2D eigenvalue weighted by Gasteiger charge is -2.30. The first-order chi connectivity index (χ1) is 13.7. The lowest BCUT2D eigenvalue weighted by atomic mass is 10.1. The summed E-state index contributed by atoms with van der Waals surface area (Å²) in [5, 5.41) is 4.34. The highest BCUT2D eigenvalue weighted by Gasteiger charge is 2.27. The van der Waals surface area contributed by atoms with E-state index in [1.807, 2.05) is 26.0 Å². The lowest BCUT2D eigenvalue weighted by Crippen LogP contribution is -2.49. The van der Waals surface area contributed by atoms with E-state index in [0.717, 1.165) is 17.5 Å². The second kappa shape index (κ2) is 10.9. The molecular formula is C22H25Cl3N2O2. The second-order valence-corrected chi connectivity index (χ2v) is 8.32. The molecule has 4 nitrogen and oxygen atoms in total. The van der Waals surface area contributed by atoms with Crippen LogP contribution in [0.4, 0.5) is 0 Å². The minimum Gasteiger partial charge on any atom is -0.352 e. The van der Waals surface area contributed by atoms with Gasteiger partial charge in [0.2, 0.25) is 11.8 Å². The Bertz CT molecular complexity index is 873. The number of rotatable bonds is 8. The van der Waals surface area contributed by atoms with Crippen molar-refractivity contribution in [3.63, 3.8) is 0 Å². The maximum absolute atomic E-state index is 13.1. The smallest absolute Gasteiger partial charge is 0.242 e. The normalized spacial score (nSPS) is 12.9. The summed E-state index contributed by atoms with van der Waals surface area (Å²) in [6.07, 6.45) is 0.919. The molecule has 2 rings (SSSR count). The summed E-state index contributed by atoms with van der Waals surface area (Å²) in [6.45, 7) is 5.93. The van der Waals surface area contributed by atoms with E-state index in [9.17, 15) is 9.59 Å². The third-order valence-corrected chi connectivity index (χ3v) is 5.72. The SMILES string of the molecule is CCC(C)NC(=O)C(C)N(Cc1cccc(Cl)c1)C(=O)Cc1ccc(Cl)c(Cl)c1. The monoisotopic (exact) mass is 454 g/mol. The van der Waals surface area contributed by atoms with E-state index >= 15 is 0 Å². The van der Waals surface area contributed by atoms with Crippen LogP contribution in [0.5, 0.6) is 0 Å². The topological polar surface area (TPSA) is 49.4 Å². The van der Waals surface area contributed by atoms with Crippen molar-refractivity contribution in [3.05, 3.63) is 68.7 Å². The van der Waals surface area contributed by atoms with E-state index in [2.05, 4.69) is 5.32 Å². The summed E-state index contributed by atoms with van der Waals surface area (Å²) >= 11 is 18.1. The number of hydrogen-bond donors (Lipinski definition) is 1. The van der Waals surface area contributed by atoms with Gasteiger partial charge in [-0.05, 0) is 55.7 Å². The first-order valence-electron chi connectivity index (χ1n) is 9.49. The molecule has 156 valence electrons. The molecule has 0 heterocycles. The Labute approximate surface area is 187 Å². The Morgan fingerprint density at radius 1 is 1.00 bits per heavy atom. The summed E-state index contributed by atoms with van der Waals surface area (Å²) in [5.74, 6) is -0.376. The van der Waals surface area contributed by atoms with Gasteiger partial charge in [-0.3, -0.25) is 9.59 Å². The van der Waals surface area contributed by atoms with Gasteiger partial charge in [-0.25, -0.2) is 0 Å². The van der Waals surface area contributed by atoms with Gasteiger partial charge in [-0.15, -0.1) is 0 Å². The predicted molar refractivity (Wildman–Crippen MR) is 120 cm³/mol. The van der Waals surface area contributed by atoms with Gasteiger partial charge >= 0.3 is 0 Å². The summed E-state index contributed by atoms with van der Waals surface area (Å²) in [4.78, 5) is 27.4. The van der Waals surface area contributed by atoms with Gasteiger partial charge < -0.3 is 10.2 Å². The zero-order valence-electron chi connectivity index (χ0n) is 16.7. The molecular weight excluding hydrogens is 431 g/mol. The van der Waals surface area contributed by atoms with Crippen molar-refractivity contribution in [1.29, 1.82) is 0 Å². The fourth-order valence-electron chi connectivity index (χ4n) is 2.81. The molecule has 2 aromatic carbocycles. The first kappa shape index (κ1) is 23.5. The largest absolute Gasteiger partial charge is 0.352 e. The molecule has 2 amide bonds. The van der Waals surface area contributed by atoms with E-state index in [1.54, 1.807) is 42.2 Å². The fourth-order valence-corrected chi connectivity index (χ4v) is 3.34. The zero-order valence-corrected chi connectivity index (χ0v) is 19.0. The van der Waals surface area contributed by atoms with E-state index in [0.29, 0.717) is 15.1 Å². The minimum absolute atomic E-state index is 0.0307. The zero-order chi connectivity index (χ0) is 21.6. The number of nitrogens with zero attached hydrogens (tertiary/aromatic N) is 1. The lowest BCUT2D eigenvalue weighted by molar-refractivity contribution is -0.140. The van der Waals surface area contributed by atoms with Crippen LogP contribution in [-0.2, 0) is 22.6 Å². The summed E-state index contributed by atoms with van der Waals surface area (Å²) in [5.41, 5.74) is 1.58. The number of hydrogen-bond acceptors (Lipinski definition) is 2. The van der Waals surface area contributed by atoms with Crippen molar-refractivity contribution in [3.8, 4) is 0 Å². The number of carbonyl (C=O) groups excluding carboxylic acids is 2. The van der Waals surface area contributed by atoms with Crippen LogP contribution in [0.1, 0.15) is 38.3 Å². The Morgan fingerprint density at radius 2 is 1.72 bits per heavy atom. The molecule has 0 radical (unpaired) electrons. The van der Waals surface area contributed by atoms with Gasteiger partial charge in [0, 0.05) is 17.6 Å². The van der Waals surface area contributed by atoms with Gasteiger partial charge in [0.25, 0.3) is 0 Å². The molecule has 0 aliphatic rings. The first-order valence-corrected chi connectivity index (χ1v) is 10.6. The molecule has 2 unspecified atom stereocenters. The van der Waals surface area contributed by atoms with Crippen LogP contribution in [0.15, 0.2) is 42.5 Å². The fraction of sp³-hybridized carbons (Fsp3) is 0.364. The molecule has 0 spiro atoms. The number of nitrogens with one attached hydrogen (secondary N) is 1. The van der Waals surface area contributed by atoms with Crippen molar-refractivity contribution >= 4 is 46.6 Å². The molecule has 0 fully saturated rings. The molecule has 0 saturated heterocycles. The number of amides is 2. The minimum atomic E-state index is -0.641. The van der Waals surface area contributed by atoms with Crippen LogP contribution in [0.2, 0.25) is 15.1 Å². The van der Waals surface area contributed by atoms with Crippen LogP contribution in [0, 0.1) is 0 Å². The Balaban J connectivity index is 2.25. The molecule has 0 aromatic heterocycles. The summed E-state index contributed by atoms with van der Waals surface area (Å²) in [6, 6.07) is 11.7. The summed E-state index contributed by atoms with van der Waals surface area (Å²) < 4.78 is 0. The van der Waals surface area contributed by atoms with Crippen molar-refractivity contribution < 1.29 is 9.59 Å². The third kappa shape index (κ3) is 6.91. The van der Waals surface area contributed by atoms with Crippen LogP contribution >= 0.6 is 34.8 Å². The average Bonchev–Trinajstić information content (AvgIpc) is 2.68. The highest BCUT2D eigenvalue weighted by molar-refractivity contribution is 6.42. The maximum Gasteiger partial charge on any atom is 0.242 e.